The quantitative estimate of drug-likeness (QED) is 0.722. The van der Waals surface area contributed by atoms with Crippen LogP contribution in [0.25, 0.3) is 0 Å². The number of rotatable bonds is 6. The van der Waals surface area contributed by atoms with E-state index < -0.39 is 12.0 Å². The third-order valence-corrected chi connectivity index (χ3v) is 2.40. The molecule has 0 spiro atoms. The standard InChI is InChI=1S/C11H18N4O3/c1-14(2)5-4-9(16)13-10(11(17)18)8-6-12-15(3)7-8/h6-7,10H,4-5H2,1-3H3,(H,13,16)(H,17,18). The number of nitrogens with zero attached hydrogens (tertiary/aromatic N) is 3. The smallest absolute Gasteiger partial charge is 0.331 e. The summed E-state index contributed by atoms with van der Waals surface area (Å²) in [5, 5.41) is 15.5. The zero-order chi connectivity index (χ0) is 13.7. The van der Waals surface area contributed by atoms with E-state index in [4.69, 9.17) is 5.11 Å². The van der Waals surface area contributed by atoms with E-state index in [2.05, 4.69) is 10.4 Å². The number of aromatic nitrogens is 2. The van der Waals surface area contributed by atoms with Crippen molar-refractivity contribution in [2.75, 3.05) is 20.6 Å². The largest absolute Gasteiger partial charge is 0.479 e. The van der Waals surface area contributed by atoms with Gasteiger partial charge < -0.3 is 15.3 Å². The highest BCUT2D eigenvalue weighted by Gasteiger charge is 2.23. The van der Waals surface area contributed by atoms with E-state index in [1.165, 1.54) is 10.9 Å². The molecule has 1 aromatic heterocycles. The molecule has 18 heavy (non-hydrogen) atoms. The third-order valence-electron chi connectivity index (χ3n) is 2.40. The van der Waals surface area contributed by atoms with Crippen LogP contribution >= 0.6 is 0 Å². The molecule has 0 aliphatic carbocycles. The molecule has 0 aliphatic rings. The fraction of sp³-hybridized carbons (Fsp3) is 0.545. The number of carboxylic acid groups (broad SMARTS) is 1. The average molecular weight is 254 g/mol. The number of aliphatic carboxylic acids is 1. The molecule has 0 radical (unpaired) electrons. The monoisotopic (exact) mass is 254 g/mol. The number of nitrogens with one attached hydrogen (secondary N) is 1. The van der Waals surface area contributed by atoms with Gasteiger partial charge in [-0.1, -0.05) is 0 Å². The molecule has 0 saturated carbocycles. The predicted molar refractivity (Wildman–Crippen MR) is 64.9 cm³/mol. The van der Waals surface area contributed by atoms with Crippen LogP contribution in [0.5, 0.6) is 0 Å². The van der Waals surface area contributed by atoms with Crippen LogP contribution in [0, 0.1) is 0 Å². The van der Waals surface area contributed by atoms with Crippen LogP contribution in [0.3, 0.4) is 0 Å². The van der Waals surface area contributed by atoms with Gasteiger partial charge >= 0.3 is 5.97 Å². The Kier molecular flexibility index (Phi) is 4.85. The molecule has 7 nitrogen and oxygen atoms in total. The topological polar surface area (TPSA) is 87.5 Å². The molecular weight excluding hydrogens is 236 g/mol. The SMILES string of the molecule is CN(C)CCC(=O)NC(C(=O)O)c1cnn(C)c1. The minimum Gasteiger partial charge on any atom is -0.479 e. The van der Waals surface area contributed by atoms with Gasteiger partial charge in [0.05, 0.1) is 6.20 Å². The van der Waals surface area contributed by atoms with Gasteiger partial charge in [0, 0.05) is 31.8 Å². The van der Waals surface area contributed by atoms with Crippen LogP contribution in [0.4, 0.5) is 0 Å². The number of hydrogen-bond acceptors (Lipinski definition) is 4. The van der Waals surface area contributed by atoms with Gasteiger partial charge in [-0.25, -0.2) is 4.79 Å². The van der Waals surface area contributed by atoms with E-state index in [-0.39, 0.29) is 12.3 Å². The normalized spacial score (nSPS) is 12.4. The number of carboxylic acids is 1. The van der Waals surface area contributed by atoms with Crippen molar-refractivity contribution in [2.24, 2.45) is 7.05 Å². The maximum atomic E-state index is 11.6. The van der Waals surface area contributed by atoms with Crippen LogP contribution in [0.15, 0.2) is 12.4 Å². The Hall–Kier alpha value is -1.89. The molecule has 1 atom stereocenters. The Morgan fingerprint density at radius 2 is 2.22 bits per heavy atom. The van der Waals surface area contributed by atoms with Crippen molar-refractivity contribution in [3.05, 3.63) is 18.0 Å². The molecule has 0 aromatic carbocycles. The van der Waals surface area contributed by atoms with E-state index in [0.29, 0.717) is 12.1 Å². The average Bonchev–Trinajstić information content (AvgIpc) is 2.69. The Balaban J connectivity index is 2.64. The van der Waals surface area contributed by atoms with Gasteiger partial charge in [0.1, 0.15) is 0 Å². The van der Waals surface area contributed by atoms with E-state index in [1.807, 2.05) is 19.0 Å². The van der Waals surface area contributed by atoms with E-state index in [9.17, 15) is 9.59 Å². The number of carbonyl (C=O) groups excluding carboxylic acids is 1. The van der Waals surface area contributed by atoms with Crippen molar-refractivity contribution in [3.8, 4) is 0 Å². The van der Waals surface area contributed by atoms with Crippen LogP contribution in [-0.4, -0.2) is 52.3 Å². The first-order valence-corrected chi connectivity index (χ1v) is 5.55. The number of aryl methyl sites for hydroxylation is 1. The minimum atomic E-state index is -1.10. The summed E-state index contributed by atoms with van der Waals surface area (Å²) in [6.45, 7) is 0.575. The summed E-state index contributed by atoms with van der Waals surface area (Å²) in [7, 11) is 5.39. The zero-order valence-corrected chi connectivity index (χ0v) is 10.8. The first-order chi connectivity index (χ1) is 8.40. The first-order valence-electron chi connectivity index (χ1n) is 5.55. The first kappa shape index (κ1) is 14.2. The molecule has 2 N–H and O–H groups in total. The van der Waals surface area contributed by atoms with Gasteiger partial charge in [0.2, 0.25) is 5.91 Å². The Morgan fingerprint density at radius 3 is 2.67 bits per heavy atom. The second kappa shape index (κ2) is 6.15. The predicted octanol–water partition coefficient (Wildman–Crippen LogP) is -0.386. The number of hydrogen-bond donors (Lipinski definition) is 2. The molecule has 1 unspecified atom stereocenters. The van der Waals surface area contributed by atoms with Crippen LogP contribution in [0.2, 0.25) is 0 Å². The summed E-state index contributed by atoms with van der Waals surface area (Å²) in [4.78, 5) is 24.6. The van der Waals surface area contributed by atoms with E-state index >= 15 is 0 Å². The second-order valence-electron chi connectivity index (χ2n) is 4.34. The van der Waals surface area contributed by atoms with Gasteiger partial charge in [-0.3, -0.25) is 9.48 Å². The lowest BCUT2D eigenvalue weighted by Gasteiger charge is -2.14. The number of carbonyl (C=O) groups is 2. The summed E-state index contributed by atoms with van der Waals surface area (Å²) in [6.07, 6.45) is 3.27. The summed E-state index contributed by atoms with van der Waals surface area (Å²) in [6, 6.07) is -1.05. The molecule has 0 fully saturated rings. The Morgan fingerprint density at radius 1 is 1.56 bits per heavy atom. The van der Waals surface area contributed by atoms with Crippen molar-refractivity contribution in [1.29, 1.82) is 0 Å². The molecule has 1 rings (SSSR count). The molecule has 7 heteroatoms. The lowest BCUT2D eigenvalue weighted by molar-refractivity contribution is -0.142. The maximum absolute atomic E-state index is 11.6. The van der Waals surface area contributed by atoms with Crippen molar-refractivity contribution in [2.45, 2.75) is 12.5 Å². The molecule has 0 bridgehead atoms. The van der Waals surface area contributed by atoms with Crippen LogP contribution in [0.1, 0.15) is 18.0 Å². The summed E-state index contributed by atoms with van der Waals surface area (Å²) < 4.78 is 1.50. The van der Waals surface area contributed by atoms with Gasteiger partial charge in [-0.15, -0.1) is 0 Å². The molecule has 1 amide bonds. The third kappa shape index (κ3) is 4.17. The molecule has 1 aromatic rings. The lowest BCUT2D eigenvalue weighted by atomic mass is 10.1. The zero-order valence-electron chi connectivity index (χ0n) is 10.8. The van der Waals surface area contributed by atoms with Crippen molar-refractivity contribution < 1.29 is 14.7 Å². The van der Waals surface area contributed by atoms with Crippen LogP contribution in [-0.2, 0) is 16.6 Å². The summed E-state index contributed by atoms with van der Waals surface area (Å²) in [5.74, 6) is -1.39. The van der Waals surface area contributed by atoms with Crippen LogP contribution < -0.4 is 5.32 Å². The van der Waals surface area contributed by atoms with E-state index in [0.717, 1.165) is 0 Å². The summed E-state index contributed by atoms with van der Waals surface area (Å²) in [5.41, 5.74) is 0.461. The highest BCUT2D eigenvalue weighted by molar-refractivity contribution is 5.84. The highest BCUT2D eigenvalue weighted by Crippen LogP contribution is 2.11. The van der Waals surface area contributed by atoms with Gasteiger partial charge in [-0.2, -0.15) is 5.10 Å². The highest BCUT2D eigenvalue weighted by atomic mass is 16.4. The minimum absolute atomic E-state index is 0.261. The maximum Gasteiger partial charge on any atom is 0.331 e. The van der Waals surface area contributed by atoms with Gasteiger partial charge in [0.25, 0.3) is 0 Å². The Labute approximate surface area is 105 Å². The Bertz CT molecular complexity index is 428. The molecule has 1 heterocycles. The number of amides is 1. The lowest BCUT2D eigenvalue weighted by Crippen LogP contribution is -2.35. The molecule has 100 valence electrons. The van der Waals surface area contributed by atoms with Gasteiger partial charge in [-0.05, 0) is 14.1 Å². The summed E-state index contributed by atoms with van der Waals surface area (Å²) >= 11 is 0. The fourth-order valence-electron chi connectivity index (χ4n) is 1.44. The fourth-order valence-corrected chi connectivity index (χ4v) is 1.44. The van der Waals surface area contributed by atoms with Crippen molar-refractivity contribution in [1.82, 2.24) is 20.0 Å². The van der Waals surface area contributed by atoms with Gasteiger partial charge in [0.15, 0.2) is 6.04 Å². The molecule has 0 aliphatic heterocycles. The van der Waals surface area contributed by atoms with Crippen molar-refractivity contribution in [3.63, 3.8) is 0 Å². The van der Waals surface area contributed by atoms with Crippen molar-refractivity contribution >= 4 is 11.9 Å². The second-order valence-corrected chi connectivity index (χ2v) is 4.34. The molecule has 0 saturated heterocycles. The van der Waals surface area contributed by atoms with E-state index in [1.54, 1.807) is 13.2 Å². The molecular formula is C11H18N4O3.